The van der Waals surface area contributed by atoms with Gasteiger partial charge in [-0.1, -0.05) is 11.8 Å². The third kappa shape index (κ3) is 2.32. The molecule has 4 nitrogen and oxygen atoms in total. The van der Waals surface area contributed by atoms with Gasteiger partial charge in [-0.15, -0.1) is 11.3 Å². The first kappa shape index (κ1) is 10.7. The number of imidazole rings is 1. The molecule has 0 unspecified atom stereocenters. The molecule has 0 aliphatic carbocycles. The summed E-state index contributed by atoms with van der Waals surface area (Å²) in [4.78, 5) is 13.0. The first-order valence-electron chi connectivity index (χ1n) is 5.15. The number of hydrogen-bond donors (Lipinski definition) is 0. The van der Waals surface area contributed by atoms with E-state index < -0.39 is 0 Å². The van der Waals surface area contributed by atoms with Crippen molar-refractivity contribution in [3.05, 3.63) is 41.4 Å². The van der Waals surface area contributed by atoms with Gasteiger partial charge in [0, 0.05) is 35.4 Å². The second kappa shape index (κ2) is 4.46. The Balaban J connectivity index is 1.76. The fourth-order valence-electron chi connectivity index (χ4n) is 1.48. The van der Waals surface area contributed by atoms with E-state index >= 15 is 0 Å². The lowest BCUT2D eigenvalue weighted by molar-refractivity contribution is 1.11. The van der Waals surface area contributed by atoms with E-state index in [1.807, 2.05) is 29.8 Å². The molecule has 0 aromatic carbocycles. The van der Waals surface area contributed by atoms with Crippen molar-refractivity contribution in [3.8, 4) is 0 Å². The number of thiazole rings is 1. The van der Waals surface area contributed by atoms with Gasteiger partial charge in [0.25, 0.3) is 0 Å². The summed E-state index contributed by atoms with van der Waals surface area (Å²) in [6.07, 6.45) is 5.72. The minimum Gasteiger partial charge on any atom is -0.291 e. The van der Waals surface area contributed by atoms with Crippen molar-refractivity contribution in [3.63, 3.8) is 0 Å². The number of thioether (sulfide) groups is 1. The lowest BCUT2D eigenvalue weighted by Crippen LogP contribution is -1.83. The summed E-state index contributed by atoms with van der Waals surface area (Å²) in [7, 11) is 0. The van der Waals surface area contributed by atoms with E-state index in [9.17, 15) is 0 Å². The van der Waals surface area contributed by atoms with Crippen LogP contribution in [0.5, 0.6) is 0 Å². The standard InChI is InChI=1S/C11H10N4S2/c1-8-6-16-11(13-8)17-7-9-5-15-4-2-3-12-10(15)14-9/h2-6H,7H2,1H3. The van der Waals surface area contributed by atoms with Crippen LogP contribution < -0.4 is 0 Å². The zero-order chi connectivity index (χ0) is 11.7. The molecule has 0 N–H and O–H groups in total. The number of nitrogens with zero attached hydrogens (tertiary/aromatic N) is 4. The van der Waals surface area contributed by atoms with Gasteiger partial charge < -0.3 is 0 Å². The highest BCUT2D eigenvalue weighted by atomic mass is 32.2. The third-order valence-electron chi connectivity index (χ3n) is 2.23. The van der Waals surface area contributed by atoms with Crippen LogP contribution in [0.1, 0.15) is 11.4 Å². The lowest BCUT2D eigenvalue weighted by Gasteiger charge is -1.91. The van der Waals surface area contributed by atoms with Gasteiger partial charge in [-0.05, 0) is 13.0 Å². The molecule has 86 valence electrons. The Kier molecular flexibility index (Phi) is 2.82. The molecule has 0 atom stereocenters. The Morgan fingerprint density at radius 1 is 1.41 bits per heavy atom. The Morgan fingerprint density at radius 2 is 2.35 bits per heavy atom. The van der Waals surface area contributed by atoms with Crippen LogP contribution in [0.15, 0.2) is 34.4 Å². The van der Waals surface area contributed by atoms with Crippen LogP contribution in [0.4, 0.5) is 0 Å². The minimum atomic E-state index is 0.749. The molecule has 3 aromatic rings. The maximum atomic E-state index is 4.44. The van der Waals surface area contributed by atoms with Crippen molar-refractivity contribution in [2.24, 2.45) is 0 Å². The molecule has 0 saturated heterocycles. The number of aryl methyl sites for hydroxylation is 1. The van der Waals surface area contributed by atoms with Gasteiger partial charge in [0.15, 0.2) is 0 Å². The molecule has 0 amide bonds. The molecule has 0 aliphatic heterocycles. The number of fused-ring (bicyclic) bond motifs is 1. The first-order chi connectivity index (χ1) is 8.31. The van der Waals surface area contributed by atoms with Crippen LogP contribution in [0.25, 0.3) is 5.78 Å². The third-order valence-corrected chi connectivity index (χ3v) is 4.40. The summed E-state index contributed by atoms with van der Waals surface area (Å²) in [5, 5.41) is 2.06. The SMILES string of the molecule is Cc1csc(SCc2cn3cccnc3n2)n1. The van der Waals surface area contributed by atoms with Gasteiger partial charge in [-0.3, -0.25) is 4.40 Å². The zero-order valence-electron chi connectivity index (χ0n) is 9.20. The fourth-order valence-corrected chi connectivity index (χ4v) is 3.22. The molecule has 3 aromatic heterocycles. The van der Waals surface area contributed by atoms with Crippen LogP contribution in [0.2, 0.25) is 0 Å². The monoisotopic (exact) mass is 262 g/mol. The summed E-state index contributed by atoms with van der Waals surface area (Å²) in [6.45, 7) is 2.01. The van der Waals surface area contributed by atoms with Gasteiger partial charge in [0.05, 0.1) is 5.69 Å². The summed E-state index contributed by atoms with van der Waals surface area (Å²) >= 11 is 3.39. The normalized spacial score (nSPS) is 11.1. The quantitative estimate of drug-likeness (QED) is 0.681. The van der Waals surface area contributed by atoms with Gasteiger partial charge in [-0.2, -0.15) is 0 Å². The fraction of sp³-hybridized carbons (Fsp3) is 0.182. The van der Waals surface area contributed by atoms with E-state index in [4.69, 9.17) is 0 Å². The lowest BCUT2D eigenvalue weighted by atomic mass is 10.6. The molecule has 0 aliphatic rings. The molecular weight excluding hydrogens is 252 g/mol. The summed E-state index contributed by atoms with van der Waals surface area (Å²) in [5.74, 6) is 1.58. The molecule has 3 heterocycles. The maximum absolute atomic E-state index is 4.44. The van der Waals surface area contributed by atoms with Gasteiger partial charge >= 0.3 is 0 Å². The molecule has 0 fully saturated rings. The van der Waals surface area contributed by atoms with E-state index in [1.54, 1.807) is 29.3 Å². The van der Waals surface area contributed by atoms with Crippen molar-refractivity contribution in [2.45, 2.75) is 17.0 Å². The molecule has 0 bridgehead atoms. The van der Waals surface area contributed by atoms with Gasteiger partial charge in [-0.25, -0.2) is 15.0 Å². The molecule has 0 radical (unpaired) electrons. The Labute approximate surface area is 107 Å². The molecule has 0 saturated carbocycles. The highest BCUT2D eigenvalue weighted by molar-refractivity contribution is 8.00. The van der Waals surface area contributed by atoms with Crippen molar-refractivity contribution < 1.29 is 0 Å². The Morgan fingerprint density at radius 3 is 3.12 bits per heavy atom. The van der Waals surface area contributed by atoms with Crippen LogP contribution >= 0.6 is 23.1 Å². The molecule has 0 spiro atoms. The van der Waals surface area contributed by atoms with Crippen LogP contribution in [0.3, 0.4) is 0 Å². The summed E-state index contributed by atoms with van der Waals surface area (Å²) < 4.78 is 3.02. The van der Waals surface area contributed by atoms with E-state index in [0.717, 1.165) is 27.3 Å². The van der Waals surface area contributed by atoms with Crippen molar-refractivity contribution in [1.82, 2.24) is 19.4 Å². The second-order valence-electron chi connectivity index (χ2n) is 3.60. The number of hydrogen-bond acceptors (Lipinski definition) is 5. The van der Waals surface area contributed by atoms with E-state index in [0.29, 0.717) is 0 Å². The van der Waals surface area contributed by atoms with E-state index in [1.165, 1.54) is 0 Å². The van der Waals surface area contributed by atoms with E-state index in [-0.39, 0.29) is 0 Å². The summed E-state index contributed by atoms with van der Waals surface area (Å²) in [6, 6.07) is 1.90. The zero-order valence-corrected chi connectivity index (χ0v) is 10.8. The van der Waals surface area contributed by atoms with Gasteiger partial charge in [0.2, 0.25) is 5.78 Å². The maximum Gasteiger partial charge on any atom is 0.233 e. The van der Waals surface area contributed by atoms with Crippen LogP contribution in [-0.4, -0.2) is 19.4 Å². The second-order valence-corrected chi connectivity index (χ2v) is 5.68. The Bertz CT molecular complexity index is 611. The number of rotatable bonds is 3. The van der Waals surface area contributed by atoms with Gasteiger partial charge in [0.1, 0.15) is 4.34 Å². The largest absolute Gasteiger partial charge is 0.291 e. The average Bonchev–Trinajstić information content (AvgIpc) is 2.91. The molecule has 3 rings (SSSR count). The van der Waals surface area contributed by atoms with Crippen molar-refractivity contribution in [2.75, 3.05) is 0 Å². The predicted octanol–water partition coefficient (Wildman–Crippen LogP) is 2.79. The Hall–Kier alpha value is -1.40. The smallest absolute Gasteiger partial charge is 0.233 e. The minimum absolute atomic E-state index is 0.749. The molecule has 17 heavy (non-hydrogen) atoms. The average molecular weight is 262 g/mol. The summed E-state index contributed by atoms with van der Waals surface area (Å²) in [5.41, 5.74) is 2.11. The van der Waals surface area contributed by atoms with Crippen molar-refractivity contribution in [1.29, 1.82) is 0 Å². The number of aromatic nitrogens is 4. The van der Waals surface area contributed by atoms with E-state index in [2.05, 4.69) is 20.3 Å². The first-order valence-corrected chi connectivity index (χ1v) is 7.01. The molecular formula is C11H10N4S2. The van der Waals surface area contributed by atoms with Crippen LogP contribution in [-0.2, 0) is 5.75 Å². The molecule has 6 heteroatoms. The van der Waals surface area contributed by atoms with Crippen molar-refractivity contribution >= 4 is 28.9 Å². The topological polar surface area (TPSA) is 43.1 Å². The predicted molar refractivity (Wildman–Crippen MR) is 69.4 cm³/mol. The highest BCUT2D eigenvalue weighted by Gasteiger charge is 2.04. The highest BCUT2D eigenvalue weighted by Crippen LogP contribution is 2.25. The van der Waals surface area contributed by atoms with Crippen LogP contribution in [0, 0.1) is 6.92 Å².